The molecule has 0 aliphatic rings. The van der Waals surface area contributed by atoms with Gasteiger partial charge in [0.25, 0.3) is 0 Å². The molecular weight excluding hydrogens is 564 g/mol. The maximum Gasteiger partial charge on any atom is 0.394 e. The van der Waals surface area contributed by atoms with E-state index in [4.69, 9.17) is 14.9 Å². The van der Waals surface area contributed by atoms with E-state index in [2.05, 4.69) is 0 Å². The first-order valence-electron chi connectivity index (χ1n) is 11.5. The molecule has 0 aliphatic heterocycles. The molecule has 3 aromatic rings. The van der Waals surface area contributed by atoms with E-state index in [-0.39, 0.29) is 34.3 Å². The molecule has 3 aromatic carbocycles. The van der Waals surface area contributed by atoms with Crippen molar-refractivity contribution in [3.63, 3.8) is 0 Å². The lowest BCUT2D eigenvalue weighted by Gasteiger charge is -2.24. The minimum absolute atomic E-state index is 0.00551. The number of nitrogens with zero attached hydrogens (tertiary/aromatic N) is 2. The number of sulfone groups is 1. The van der Waals surface area contributed by atoms with Gasteiger partial charge in [0, 0.05) is 25.0 Å². The van der Waals surface area contributed by atoms with Crippen LogP contribution in [0.25, 0.3) is 0 Å². The number of benzene rings is 3. The van der Waals surface area contributed by atoms with Gasteiger partial charge in [0.2, 0.25) is 10.0 Å². The quantitative estimate of drug-likeness (QED) is 0.314. The molecule has 40 heavy (non-hydrogen) atoms. The Labute approximate surface area is 231 Å². The molecule has 0 heterocycles. The molecule has 0 atom stereocenters. The fourth-order valence-corrected chi connectivity index (χ4v) is 5.96. The van der Waals surface area contributed by atoms with Gasteiger partial charge in [-0.15, -0.1) is 0 Å². The molecular formula is C26H26N2O10S2. The van der Waals surface area contributed by atoms with Crippen molar-refractivity contribution in [2.24, 2.45) is 0 Å². The van der Waals surface area contributed by atoms with Crippen molar-refractivity contribution in [1.82, 2.24) is 4.31 Å². The molecule has 0 unspecified atom stereocenters. The predicted molar refractivity (Wildman–Crippen MR) is 143 cm³/mol. The molecule has 212 valence electrons. The van der Waals surface area contributed by atoms with Gasteiger partial charge < -0.3 is 14.9 Å². The molecule has 0 saturated heterocycles. The molecule has 0 spiro atoms. The fraction of sp³-hybridized carbons (Fsp3) is 0.192. The van der Waals surface area contributed by atoms with E-state index in [1.165, 1.54) is 67.8 Å². The van der Waals surface area contributed by atoms with E-state index < -0.39 is 44.3 Å². The summed E-state index contributed by atoms with van der Waals surface area (Å²) in [5.41, 5.74) is 0.934. The minimum atomic E-state index is -4.18. The van der Waals surface area contributed by atoms with Gasteiger partial charge in [-0.3, -0.25) is 14.5 Å². The maximum atomic E-state index is 13.8. The topological polar surface area (TPSA) is 176 Å². The predicted octanol–water partition coefficient (Wildman–Crippen LogP) is 1.99. The van der Waals surface area contributed by atoms with Crippen LogP contribution in [0, 0.1) is 0 Å². The van der Waals surface area contributed by atoms with Crippen LogP contribution in [0.5, 0.6) is 5.75 Å². The van der Waals surface area contributed by atoms with Crippen molar-refractivity contribution < 1.29 is 46.2 Å². The highest BCUT2D eigenvalue weighted by atomic mass is 32.2. The van der Waals surface area contributed by atoms with E-state index >= 15 is 0 Å². The van der Waals surface area contributed by atoms with Crippen LogP contribution in [0.2, 0.25) is 0 Å². The number of carbonyl (C=O) groups is 3. The third kappa shape index (κ3) is 7.22. The third-order valence-corrected chi connectivity index (χ3v) is 8.69. The number of anilines is 1. The Hall–Kier alpha value is -4.27. The first-order valence-corrected chi connectivity index (χ1v) is 14.8. The lowest BCUT2D eigenvalue weighted by Crippen LogP contribution is -2.40. The fourth-order valence-electron chi connectivity index (χ4n) is 3.76. The van der Waals surface area contributed by atoms with Crippen molar-refractivity contribution in [2.75, 3.05) is 24.8 Å². The van der Waals surface area contributed by atoms with Crippen LogP contribution in [0.3, 0.4) is 0 Å². The highest BCUT2D eigenvalue weighted by molar-refractivity contribution is 7.90. The van der Waals surface area contributed by atoms with Crippen LogP contribution in [0.15, 0.2) is 82.6 Å². The van der Waals surface area contributed by atoms with E-state index in [1.54, 1.807) is 12.1 Å². The Bertz CT molecular complexity index is 1620. The highest BCUT2D eigenvalue weighted by Gasteiger charge is 2.29. The third-order valence-electron chi connectivity index (χ3n) is 5.73. The molecule has 14 heteroatoms. The molecule has 0 saturated carbocycles. The first kappa shape index (κ1) is 30.3. The highest BCUT2D eigenvalue weighted by Crippen LogP contribution is 2.29. The number of carboxylic acids is 2. The number of ether oxygens (including phenoxy) is 1. The van der Waals surface area contributed by atoms with Gasteiger partial charge in [-0.25, -0.2) is 21.6 Å². The van der Waals surface area contributed by atoms with Crippen LogP contribution in [-0.4, -0.2) is 69.1 Å². The van der Waals surface area contributed by atoms with Crippen LogP contribution < -0.4 is 9.64 Å². The molecule has 0 radical (unpaired) electrons. The van der Waals surface area contributed by atoms with Crippen molar-refractivity contribution in [1.29, 1.82) is 0 Å². The van der Waals surface area contributed by atoms with Crippen molar-refractivity contribution in [3.05, 3.63) is 83.9 Å². The molecule has 0 aliphatic carbocycles. The SMILES string of the molecule is COc1ccccc1S(=O)(=O)N(Cc1ccc(N(CC(=O)O)C(=O)C(=O)O)cc1)Cc1ccc(S(C)(=O)=O)cc1. The summed E-state index contributed by atoms with van der Waals surface area (Å²) in [4.78, 5) is 34.9. The Kier molecular flexibility index (Phi) is 9.29. The molecule has 0 bridgehead atoms. The second kappa shape index (κ2) is 12.3. The number of hydrogen-bond donors (Lipinski definition) is 2. The van der Waals surface area contributed by atoms with Crippen molar-refractivity contribution in [3.8, 4) is 5.75 Å². The van der Waals surface area contributed by atoms with Crippen LogP contribution >= 0.6 is 0 Å². The number of rotatable bonds is 11. The Morgan fingerprint density at radius 2 is 1.32 bits per heavy atom. The summed E-state index contributed by atoms with van der Waals surface area (Å²) in [5.74, 6) is -4.57. The summed E-state index contributed by atoms with van der Waals surface area (Å²) in [6, 6.07) is 17.3. The average Bonchev–Trinajstić information content (AvgIpc) is 2.91. The summed E-state index contributed by atoms with van der Waals surface area (Å²) in [6.45, 7) is -1.21. The summed E-state index contributed by atoms with van der Waals surface area (Å²) < 4.78 is 57.6. The number of carbonyl (C=O) groups excluding carboxylic acids is 1. The second-order valence-electron chi connectivity index (χ2n) is 8.60. The molecule has 3 rings (SSSR count). The summed E-state index contributed by atoms with van der Waals surface area (Å²) in [7, 11) is -6.30. The normalized spacial score (nSPS) is 11.7. The van der Waals surface area contributed by atoms with E-state index in [9.17, 15) is 31.2 Å². The summed E-state index contributed by atoms with van der Waals surface area (Å²) >= 11 is 0. The molecule has 0 fully saturated rings. The zero-order chi connectivity index (χ0) is 29.7. The van der Waals surface area contributed by atoms with Gasteiger partial charge in [0.1, 0.15) is 17.2 Å². The van der Waals surface area contributed by atoms with E-state index in [1.807, 2.05) is 0 Å². The monoisotopic (exact) mass is 590 g/mol. The first-order chi connectivity index (χ1) is 18.7. The largest absolute Gasteiger partial charge is 0.495 e. The second-order valence-corrected chi connectivity index (χ2v) is 12.5. The van der Waals surface area contributed by atoms with Gasteiger partial charge in [-0.2, -0.15) is 4.31 Å². The number of para-hydroxylation sites is 1. The number of sulfonamides is 1. The lowest BCUT2D eigenvalue weighted by atomic mass is 10.1. The van der Waals surface area contributed by atoms with Gasteiger partial charge in [0.05, 0.1) is 12.0 Å². The van der Waals surface area contributed by atoms with Gasteiger partial charge >= 0.3 is 17.8 Å². The standard InChI is InChI=1S/C26H26N2O10S2/c1-38-22-5-3-4-6-23(22)40(36,37)27(16-19-9-13-21(14-10-19)39(2,34)35)15-18-7-11-20(12-8-18)28(17-24(29)30)25(31)26(32)33/h3-14H,15-17H2,1-2H3,(H,29,30)(H,32,33). The Balaban J connectivity index is 2.00. The van der Waals surface area contributed by atoms with Crippen molar-refractivity contribution >= 4 is 43.4 Å². The van der Waals surface area contributed by atoms with Crippen molar-refractivity contribution in [2.45, 2.75) is 22.9 Å². The number of methoxy groups -OCH3 is 1. The number of hydrogen-bond acceptors (Lipinski definition) is 8. The zero-order valence-corrected chi connectivity index (χ0v) is 23.1. The minimum Gasteiger partial charge on any atom is -0.495 e. The molecule has 2 N–H and O–H groups in total. The number of amides is 1. The van der Waals surface area contributed by atoms with Gasteiger partial charge in [-0.1, -0.05) is 36.4 Å². The van der Waals surface area contributed by atoms with Crippen LogP contribution in [0.1, 0.15) is 11.1 Å². The van der Waals surface area contributed by atoms with Gasteiger partial charge in [0.15, 0.2) is 9.84 Å². The molecule has 12 nitrogen and oxygen atoms in total. The lowest BCUT2D eigenvalue weighted by molar-refractivity contribution is -0.149. The summed E-state index contributed by atoms with van der Waals surface area (Å²) in [6.07, 6.45) is 1.06. The van der Waals surface area contributed by atoms with E-state index in [0.717, 1.165) is 10.6 Å². The Morgan fingerprint density at radius 3 is 1.80 bits per heavy atom. The Morgan fingerprint density at radius 1 is 0.800 bits per heavy atom. The van der Waals surface area contributed by atoms with Crippen LogP contribution in [-0.2, 0) is 47.3 Å². The van der Waals surface area contributed by atoms with E-state index in [0.29, 0.717) is 16.0 Å². The number of aliphatic carboxylic acids is 2. The smallest absolute Gasteiger partial charge is 0.394 e. The zero-order valence-electron chi connectivity index (χ0n) is 21.4. The molecule has 1 amide bonds. The summed E-state index contributed by atoms with van der Waals surface area (Å²) in [5, 5.41) is 18.1. The number of carboxylic acid groups (broad SMARTS) is 2. The average molecular weight is 591 g/mol. The maximum absolute atomic E-state index is 13.8. The van der Waals surface area contributed by atoms with Gasteiger partial charge in [-0.05, 0) is 47.5 Å². The molecule has 0 aromatic heterocycles. The van der Waals surface area contributed by atoms with Crippen LogP contribution in [0.4, 0.5) is 5.69 Å².